The number of rotatable bonds is 0. The first-order chi connectivity index (χ1) is 7.91. The van der Waals surface area contributed by atoms with Gasteiger partial charge in [-0.2, -0.15) is 0 Å². The predicted molar refractivity (Wildman–Crippen MR) is 70.2 cm³/mol. The quantitative estimate of drug-likeness (QED) is 0.812. The van der Waals surface area contributed by atoms with Crippen molar-refractivity contribution in [3.63, 3.8) is 0 Å². The van der Waals surface area contributed by atoms with Gasteiger partial charge in [-0.15, -0.1) is 0 Å². The summed E-state index contributed by atoms with van der Waals surface area (Å²) in [4.78, 5) is 20.3. The average Bonchev–Trinajstić information content (AvgIpc) is 2.23. The molecule has 0 aliphatic heterocycles. The first-order valence-corrected chi connectivity index (χ1v) is 5.66. The minimum Gasteiger partial charge on any atom is -0.481 e. The van der Waals surface area contributed by atoms with Gasteiger partial charge in [0, 0.05) is 24.5 Å². The molecule has 0 unspecified atom stereocenters. The fourth-order valence-corrected chi connectivity index (χ4v) is 1.69. The van der Waals surface area contributed by atoms with E-state index in [2.05, 4.69) is 15.9 Å². The van der Waals surface area contributed by atoms with Gasteiger partial charge >= 0.3 is 0 Å². The number of aryl methyl sites for hydroxylation is 1. The number of benzene rings is 1. The molecule has 0 bridgehead atoms. The van der Waals surface area contributed by atoms with Gasteiger partial charge < -0.3 is 9.67 Å². The number of nitrogens with zero attached hydrogens (tertiary/aromatic N) is 1. The highest BCUT2D eigenvalue weighted by atomic mass is 79.9. The Morgan fingerprint density at radius 1 is 1.29 bits per heavy atom. The Morgan fingerprint density at radius 3 is 2.41 bits per heavy atom. The van der Waals surface area contributed by atoms with Crippen LogP contribution >= 0.6 is 15.9 Å². The minimum atomic E-state index is -0.833. The van der Waals surface area contributed by atoms with Crippen molar-refractivity contribution in [1.29, 1.82) is 0 Å². The van der Waals surface area contributed by atoms with Crippen LogP contribution in [0.25, 0.3) is 10.9 Å². The Morgan fingerprint density at radius 2 is 1.82 bits per heavy atom. The average molecular weight is 298 g/mol. The van der Waals surface area contributed by atoms with Gasteiger partial charge in [-0.05, 0) is 23.6 Å². The van der Waals surface area contributed by atoms with Crippen molar-refractivity contribution in [3.8, 4) is 0 Å². The molecule has 0 saturated carbocycles. The van der Waals surface area contributed by atoms with Crippen LogP contribution in [0.15, 0.2) is 39.6 Å². The lowest BCUT2D eigenvalue weighted by atomic mass is 10.2. The maximum Gasteiger partial charge on any atom is 0.300 e. The molecular weight excluding hydrogens is 286 g/mol. The molecule has 2 rings (SSSR count). The molecule has 5 heteroatoms. The fourth-order valence-electron chi connectivity index (χ4n) is 1.34. The van der Waals surface area contributed by atoms with Gasteiger partial charge in [0.1, 0.15) is 0 Å². The number of carbonyl (C=O) groups is 1. The molecule has 90 valence electrons. The molecule has 4 nitrogen and oxygen atoms in total. The summed E-state index contributed by atoms with van der Waals surface area (Å²) in [5, 5.41) is 8.49. The van der Waals surface area contributed by atoms with Crippen molar-refractivity contribution < 1.29 is 9.90 Å². The van der Waals surface area contributed by atoms with Crippen LogP contribution in [0, 0.1) is 0 Å². The number of aliphatic carboxylic acids is 1. The van der Waals surface area contributed by atoms with E-state index in [9.17, 15) is 4.79 Å². The van der Waals surface area contributed by atoms with Crippen LogP contribution in [0.4, 0.5) is 0 Å². The van der Waals surface area contributed by atoms with Crippen molar-refractivity contribution in [2.45, 2.75) is 6.92 Å². The lowest BCUT2D eigenvalue weighted by Gasteiger charge is -2.03. The molecule has 1 aromatic carbocycles. The van der Waals surface area contributed by atoms with Crippen molar-refractivity contribution in [1.82, 2.24) is 4.57 Å². The van der Waals surface area contributed by atoms with E-state index in [1.807, 2.05) is 24.3 Å². The van der Waals surface area contributed by atoms with E-state index >= 15 is 0 Å². The van der Waals surface area contributed by atoms with E-state index in [0.717, 1.165) is 22.3 Å². The first kappa shape index (κ1) is 13.4. The van der Waals surface area contributed by atoms with Crippen LogP contribution < -0.4 is 5.56 Å². The maximum absolute atomic E-state index is 11.3. The van der Waals surface area contributed by atoms with Crippen molar-refractivity contribution in [2.24, 2.45) is 7.05 Å². The molecule has 0 atom stereocenters. The normalized spacial score (nSPS) is 9.59. The van der Waals surface area contributed by atoms with Crippen LogP contribution in [-0.2, 0) is 11.8 Å². The topological polar surface area (TPSA) is 59.3 Å². The Bertz CT molecular complexity index is 600. The summed E-state index contributed by atoms with van der Waals surface area (Å²) >= 11 is 3.38. The summed E-state index contributed by atoms with van der Waals surface area (Å²) < 4.78 is 2.63. The molecule has 17 heavy (non-hydrogen) atoms. The lowest BCUT2D eigenvalue weighted by Crippen LogP contribution is -2.14. The number of hydrogen-bond donors (Lipinski definition) is 1. The SMILES string of the molecule is CC(=O)O.Cn1c(=O)ccc2ccc(Br)cc21. The van der Waals surface area contributed by atoms with E-state index in [0.29, 0.717) is 0 Å². The van der Waals surface area contributed by atoms with Crippen LogP contribution in [0.2, 0.25) is 0 Å². The summed E-state index contributed by atoms with van der Waals surface area (Å²) in [5.41, 5.74) is 0.965. The zero-order valence-corrected chi connectivity index (χ0v) is 11.1. The second-order valence-electron chi connectivity index (χ2n) is 3.45. The second kappa shape index (κ2) is 5.63. The van der Waals surface area contributed by atoms with Crippen LogP contribution in [0.1, 0.15) is 6.92 Å². The Labute approximate surface area is 107 Å². The summed E-state index contributed by atoms with van der Waals surface area (Å²) in [6.45, 7) is 1.08. The molecule has 0 aliphatic rings. The van der Waals surface area contributed by atoms with Gasteiger partial charge in [0.05, 0.1) is 5.52 Å². The smallest absolute Gasteiger partial charge is 0.300 e. The number of fused-ring (bicyclic) bond motifs is 1. The number of carboxylic acid groups (broad SMARTS) is 1. The molecular formula is C12H12BrNO3. The summed E-state index contributed by atoms with van der Waals surface area (Å²) in [6.07, 6.45) is 0. The third kappa shape index (κ3) is 3.71. The third-order valence-corrected chi connectivity index (χ3v) is 2.58. The molecule has 1 aromatic heterocycles. The Hall–Kier alpha value is -1.62. The molecule has 1 heterocycles. The number of pyridine rings is 1. The van der Waals surface area contributed by atoms with Gasteiger partial charge in [-0.3, -0.25) is 9.59 Å². The van der Waals surface area contributed by atoms with Crippen molar-refractivity contribution in [2.75, 3.05) is 0 Å². The van der Waals surface area contributed by atoms with Gasteiger partial charge in [-0.1, -0.05) is 22.0 Å². The summed E-state index contributed by atoms with van der Waals surface area (Å²) in [7, 11) is 1.77. The highest BCUT2D eigenvalue weighted by Gasteiger charge is 1.98. The molecule has 0 radical (unpaired) electrons. The van der Waals surface area contributed by atoms with Gasteiger partial charge in [-0.25, -0.2) is 0 Å². The predicted octanol–water partition coefficient (Wildman–Crippen LogP) is 2.39. The largest absolute Gasteiger partial charge is 0.481 e. The van der Waals surface area contributed by atoms with E-state index in [4.69, 9.17) is 9.90 Å². The second-order valence-corrected chi connectivity index (χ2v) is 4.37. The standard InChI is InChI=1S/C10H8BrNO.C2H4O2/c1-12-9-6-8(11)4-2-7(9)3-5-10(12)13;1-2(3)4/h2-6H,1H3;1H3,(H,3,4). The van der Waals surface area contributed by atoms with Crippen LogP contribution in [0.5, 0.6) is 0 Å². The monoisotopic (exact) mass is 297 g/mol. The highest BCUT2D eigenvalue weighted by molar-refractivity contribution is 9.10. The van der Waals surface area contributed by atoms with Crippen LogP contribution in [0.3, 0.4) is 0 Å². The molecule has 2 aromatic rings. The molecule has 0 saturated heterocycles. The van der Waals surface area contributed by atoms with E-state index in [1.165, 1.54) is 0 Å². The zero-order valence-electron chi connectivity index (χ0n) is 9.48. The molecule has 0 fully saturated rings. The number of carboxylic acids is 1. The first-order valence-electron chi connectivity index (χ1n) is 4.86. The number of hydrogen-bond acceptors (Lipinski definition) is 2. The van der Waals surface area contributed by atoms with Gasteiger partial charge in [0.15, 0.2) is 0 Å². The van der Waals surface area contributed by atoms with Crippen molar-refractivity contribution >= 4 is 32.8 Å². The summed E-state index contributed by atoms with van der Waals surface area (Å²) in [5.74, 6) is -0.833. The third-order valence-electron chi connectivity index (χ3n) is 2.09. The molecule has 0 aliphatic carbocycles. The maximum atomic E-state index is 11.3. The Balaban J connectivity index is 0.000000317. The van der Waals surface area contributed by atoms with Gasteiger partial charge in [0.25, 0.3) is 11.5 Å². The highest BCUT2D eigenvalue weighted by Crippen LogP contribution is 2.17. The fraction of sp³-hybridized carbons (Fsp3) is 0.167. The zero-order chi connectivity index (χ0) is 13.0. The Kier molecular flexibility index (Phi) is 4.45. The summed E-state index contributed by atoms with van der Waals surface area (Å²) in [6, 6.07) is 9.31. The minimum absolute atomic E-state index is 0.0191. The molecule has 0 amide bonds. The van der Waals surface area contributed by atoms with Crippen LogP contribution in [-0.4, -0.2) is 15.6 Å². The molecule has 1 N–H and O–H groups in total. The molecule has 0 spiro atoms. The van der Waals surface area contributed by atoms with E-state index in [-0.39, 0.29) is 5.56 Å². The number of halogens is 1. The number of aromatic nitrogens is 1. The lowest BCUT2D eigenvalue weighted by molar-refractivity contribution is -0.134. The van der Waals surface area contributed by atoms with Crippen molar-refractivity contribution in [3.05, 3.63) is 45.2 Å². The van der Waals surface area contributed by atoms with E-state index < -0.39 is 5.97 Å². The van der Waals surface area contributed by atoms with Gasteiger partial charge in [0.2, 0.25) is 0 Å². The van der Waals surface area contributed by atoms with E-state index in [1.54, 1.807) is 17.7 Å².